The normalized spacial score (nSPS) is 23.0. The molecule has 5 heteroatoms. The van der Waals surface area contributed by atoms with Crippen LogP contribution >= 0.6 is 0 Å². The van der Waals surface area contributed by atoms with Crippen molar-refractivity contribution in [1.82, 2.24) is 15.1 Å². The summed E-state index contributed by atoms with van der Waals surface area (Å²) >= 11 is 0. The van der Waals surface area contributed by atoms with Gasteiger partial charge < -0.3 is 5.32 Å². The van der Waals surface area contributed by atoms with Gasteiger partial charge >= 0.3 is 0 Å². The Morgan fingerprint density at radius 3 is 2.58 bits per heavy atom. The quantitative estimate of drug-likeness (QED) is 0.852. The molecular weight excluding hydrogens is 324 g/mol. The molecule has 1 unspecified atom stereocenters. The Bertz CT molecular complexity index is 677. The highest BCUT2D eigenvalue weighted by atomic mass is 16.2. The number of amides is 1. The third-order valence-electron chi connectivity index (χ3n) is 5.76. The van der Waals surface area contributed by atoms with Crippen LogP contribution in [0.2, 0.25) is 0 Å². The molecule has 1 aromatic rings. The van der Waals surface area contributed by atoms with Gasteiger partial charge in [0.05, 0.1) is 12.6 Å². The molecule has 0 aromatic heterocycles. The Hall–Kier alpha value is -1.90. The molecule has 1 saturated heterocycles. The minimum absolute atomic E-state index is 0.00337. The predicted molar refractivity (Wildman–Crippen MR) is 102 cm³/mol. The second-order valence-corrected chi connectivity index (χ2v) is 8.57. The Balaban J connectivity index is 1.54. The van der Waals surface area contributed by atoms with Crippen LogP contribution in [0.1, 0.15) is 39.2 Å². The van der Waals surface area contributed by atoms with E-state index in [0.29, 0.717) is 12.5 Å². The van der Waals surface area contributed by atoms with Crippen molar-refractivity contribution in [2.24, 2.45) is 5.92 Å². The second-order valence-electron chi connectivity index (χ2n) is 8.57. The first-order valence-electron chi connectivity index (χ1n) is 9.56. The molecule has 140 valence electrons. The van der Waals surface area contributed by atoms with Gasteiger partial charge in [0.15, 0.2) is 0 Å². The van der Waals surface area contributed by atoms with Crippen molar-refractivity contribution in [2.45, 2.75) is 51.2 Å². The summed E-state index contributed by atoms with van der Waals surface area (Å²) in [6, 6.07) is 12.8. The monoisotopic (exact) mass is 354 g/mol. The van der Waals surface area contributed by atoms with Crippen molar-refractivity contribution in [3.8, 4) is 6.07 Å². The van der Waals surface area contributed by atoms with Gasteiger partial charge in [0.1, 0.15) is 5.54 Å². The van der Waals surface area contributed by atoms with Crippen molar-refractivity contribution < 1.29 is 4.79 Å². The van der Waals surface area contributed by atoms with Crippen LogP contribution in [0.5, 0.6) is 0 Å². The van der Waals surface area contributed by atoms with Gasteiger partial charge in [0.25, 0.3) is 0 Å². The van der Waals surface area contributed by atoms with Crippen molar-refractivity contribution in [1.29, 1.82) is 5.26 Å². The SMILES string of the molecule is CC(C#N)(NC(=O)CN1CCN(Cc2ccccc2)C(C)(C)C1)C1CC1. The molecule has 5 nitrogen and oxygen atoms in total. The third kappa shape index (κ3) is 4.44. The van der Waals surface area contributed by atoms with Gasteiger partial charge in [-0.3, -0.25) is 14.6 Å². The van der Waals surface area contributed by atoms with Crippen LogP contribution in [0, 0.1) is 17.2 Å². The fourth-order valence-corrected chi connectivity index (χ4v) is 3.94. The fraction of sp³-hybridized carbons (Fsp3) is 0.619. The van der Waals surface area contributed by atoms with Gasteiger partial charge in [0, 0.05) is 31.7 Å². The number of hydrogen-bond donors (Lipinski definition) is 1. The highest BCUT2D eigenvalue weighted by molar-refractivity contribution is 5.79. The molecule has 1 atom stereocenters. The molecule has 1 aliphatic heterocycles. The lowest BCUT2D eigenvalue weighted by Crippen LogP contribution is -2.60. The molecule has 1 saturated carbocycles. The number of hydrogen-bond acceptors (Lipinski definition) is 4. The smallest absolute Gasteiger partial charge is 0.235 e. The molecule has 2 fully saturated rings. The Kier molecular flexibility index (Phi) is 5.36. The van der Waals surface area contributed by atoms with Gasteiger partial charge in [-0.15, -0.1) is 0 Å². The predicted octanol–water partition coefficient (Wildman–Crippen LogP) is 2.39. The van der Waals surface area contributed by atoms with Crippen LogP contribution in [-0.2, 0) is 11.3 Å². The number of nitrogens with zero attached hydrogens (tertiary/aromatic N) is 3. The zero-order valence-electron chi connectivity index (χ0n) is 16.2. The number of carbonyl (C=O) groups excluding carboxylic acids is 1. The van der Waals surface area contributed by atoms with Crippen molar-refractivity contribution >= 4 is 5.91 Å². The maximum Gasteiger partial charge on any atom is 0.235 e. The van der Waals surface area contributed by atoms with Crippen LogP contribution < -0.4 is 5.32 Å². The molecule has 1 amide bonds. The fourth-order valence-electron chi connectivity index (χ4n) is 3.94. The number of rotatable bonds is 6. The molecule has 0 spiro atoms. The summed E-state index contributed by atoms with van der Waals surface area (Å²) in [6.45, 7) is 10.3. The minimum Gasteiger partial charge on any atom is -0.337 e. The van der Waals surface area contributed by atoms with Crippen molar-refractivity contribution in [3.05, 3.63) is 35.9 Å². The minimum atomic E-state index is -0.707. The number of nitrogens with one attached hydrogen (secondary N) is 1. The van der Waals surface area contributed by atoms with Gasteiger partial charge in [0.2, 0.25) is 5.91 Å². The molecule has 1 N–H and O–H groups in total. The van der Waals surface area contributed by atoms with E-state index in [1.54, 1.807) is 0 Å². The molecule has 1 heterocycles. The molecule has 2 aliphatic rings. The molecule has 0 radical (unpaired) electrons. The number of carbonyl (C=O) groups is 1. The lowest BCUT2D eigenvalue weighted by Gasteiger charge is -2.47. The average molecular weight is 354 g/mol. The average Bonchev–Trinajstić information content (AvgIpc) is 3.43. The van der Waals surface area contributed by atoms with E-state index >= 15 is 0 Å². The molecular formula is C21H30N4O. The van der Waals surface area contributed by atoms with Gasteiger partial charge in [-0.05, 0) is 45.1 Å². The summed E-state index contributed by atoms with van der Waals surface area (Å²) < 4.78 is 0. The van der Waals surface area contributed by atoms with E-state index in [4.69, 9.17) is 0 Å². The topological polar surface area (TPSA) is 59.4 Å². The first-order valence-corrected chi connectivity index (χ1v) is 9.56. The first kappa shape index (κ1) is 18.9. The molecule has 0 bridgehead atoms. The summed E-state index contributed by atoms with van der Waals surface area (Å²) in [7, 11) is 0. The number of piperazine rings is 1. The molecule has 1 aromatic carbocycles. The maximum absolute atomic E-state index is 12.5. The van der Waals surface area contributed by atoms with Crippen LogP contribution in [0.25, 0.3) is 0 Å². The van der Waals surface area contributed by atoms with Crippen molar-refractivity contribution in [2.75, 3.05) is 26.2 Å². The van der Waals surface area contributed by atoms with Gasteiger partial charge in [-0.1, -0.05) is 30.3 Å². The van der Waals surface area contributed by atoms with E-state index in [1.807, 2.05) is 13.0 Å². The Morgan fingerprint density at radius 1 is 1.31 bits per heavy atom. The third-order valence-corrected chi connectivity index (χ3v) is 5.76. The van der Waals surface area contributed by atoms with E-state index in [1.165, 1.54) is 5.56 Å². The lowest BCUT2D eigenvalue weighted by molar-refractivity contribution is -0.125. The Morgan fingerprint density at radius 2 is 2.00 bits per heavy atom. The maximum atomic E-state index is 12.5. The van der Waals surface area contributed by atoms with Crippen LogP contribution in [0.15, 0.2) is 30.3 Å². The lowest BCUT2D eigenvalue weighted by atomic mass is 9.96. The molecule has 26 heavy (non-hydrogen) atoms. The van der Waals surface area contributed by atoms with Crippen LogP contribution in [-0.4, -0.2) is 53.0 Å². The summed E-state index contributed by atoms with van der Waals surface area (Å²) in [6.07, 6.45) is 2.07. The number of benzene rings is 1. The Labute approximate surface area is 157 Å². The van der Waals surface area contributed by atoms with Gasteiger partial charge in [-0.2, -0.15) is 5.26 Å². The summed E-state index contributed by atoms with van der Waals surface area (Å²) in [4.78, 5) is 17.2. The highest BCUT2D eigenvalue weighted by Gasteiger charge is 2.43. The standard InChI is InChI=1S/C21H30N4O/c1-20(2)16-24(11-12-25(20)13-17-7-5-4-6-8-17)14-19(26)23-21(3,15-22)18-9-10-18/h4-8,18H,9-14,16H2,1-3H3,(H,23,26). The number of nitriles is 1. The van der Waals surface area contributed by atoms with E-state index < -0.39 is 5.54 Å². The molecule has 1 aliphatic carbocycles. The zero-order valence-corrected chi connectivity index (χ0v) is 16.2. The zero-order chi connectivity index (χ0) is 18.8. The largest absolute Gasteiger partial charge is 0.337 e. The summed E-state index contributed by atoms with van der Waals surface area (Å²) in [5, 5.41) is 12.4. The van der Waals surface area contributed by atoms with E-state index in [2.05, 4.69) is 59.3 Å². The first-order chi connectivity index (χ1) is 12.3. The van der Waals surface area contributed by atoms with Crippen LogP contribution in [0.3, 0.4) is 0 Å². The molecule has 3 rings (SSSR count). The summed E-state index contributed by atoms with van der Waals surface area (Å²) in [5.41, 5.74) is 0.617. The second kappa shape index (κ2) is 7.38. The van der Waals surface area contributed by atoms with E-state index in [9.17, 15) is 10.1 Å². The summed E-state index contributed by atoms with van der Waals surface area (Å²) in [5.74, 6) is 0.281. The van der Waals surface area contributed by atoms with Crippen LogP contribution in [0.4, 0.5) is 0 Å². The van der Waals surface area contributed by atoms with Crippen molar-refractivity contribution in [3.63, 3.8) is 0 Å². The van der Waals surface area contributed by atoms with E-state index in [0.717, 1.165) is 39.0 Å². The highest BCUT2D eigenvalue weighted by Crippen LogP contribution is 2.39. The van der Waals surface area contributed by atoms with E-state index in [-0.39, 0.29) is 11.4 Å². The van der Waals surface area contributed by atoms with Gasteiger partial charge in [-0.25, -0.2) is 0 Å².